The van der Waals surface area contributed by atoms with Crippen molar-refractivity contribution in [1.82, 2.24) is 10.3 Å². The van der Waals surface area contributed by atoms with Crippen LogP contribution in [0.4, 0.5) is 0 Å². The van der Waals surface area contributed by atoms with Gasteiger partial charge in [0.25, 0.3) is 5.91 Å². The van der Waals surface area contributed by atoms with Gasteiger partial charge in [-0.25, -0.2) is 4.98 Å². The number of rotatable bonds is 4. The summed E-state index contributed by atoms with van der Waals surface area (Å²) in [5.74, 6) is -0.166. The highest BCUT2D eigenvalue weighted by Gasteiger charge is 2.37. The van der Waals surface area contributed by atoms with E-state index in [4.69, 9.17) is 4.74 Å². The van der Waals surface area contributed by atoms with Crippen molar-refractivity contribution < 1.29 is 9.53 Å². The summed E-state index contributed by atoms with van der Waals surface area (Å²) < 4.78 is 6.15. The van der Waals surface area contributed by atoms with E-state index in [-0.39, 0.29) is 11.5 Å². The molecule has 0 aliphatic heterocycles. The minimum Gasteiger partial charge on any atom is -0.376 e. The maximum absolute atomic E-state index is 11.9. The lowest BCUT2D eigenvalue weighted by molar-refractivity contribution is -0.0679. The van der Waals surface area contributed by atoms with Crippen molar-refractivity contribution in [3.63, 3.8) is 0 Å². The maximum atomic E-state index is 11.9. The van der Waals surface area contributed by atoms with Crippen molar-refractivity contribution in [1.29, 1.82) is 0 Å². The second-order valence-corrected chi connectivity index (χ2v) is 5.11. The number of nitrogens with zero attached hydrogens (tertiary/aromatic N) is 1. The van der Waals surface area contributed by atoms with Crippen LogP contribution in [0.15, 0.2) is 22.8 Å². The molecular weight excluding hydrogens is 284 g/mol. The van der Waals surface area contributed by atoms with Gasteiger partial charge in [0.05, 0.1) is 5.60 Å². The number of hydrogen-bond donors (Lipinski definition) is 1. The van der Waals surface area contributed by atoms with Gasteiger partial charge in [-0.05, 0) is 47.3 Å². The molecule has 1 aliphatic rings. The normalized spacial score (nSPS) is 17.3. The van der Waals surface area contributed by atoms with E-state index in [1.807, 2.05) is 0 Å². The second kappa shape index (κ2) is 5.14. The zero-order valence-corrected chi connectivity index (χ0v) is 11.3. The Morgan fingerprint density at radius 2 is 2.41 bits per heavy atom. The first-order valence-electron chi connectivity index (χ1n) is 5.61. The summed E-state index contributed by atoms with van der Waals surface area (Å²) >= 11 is 3.31. The minimum absolute atomic E-state index is 0.156. The van der Waals surface area contributed by atoms with Crippen LogP contribution in [0.25, 0.3) is 0 Å². The highest BCUT2D eigenvalue weighted by Crippen LogP contribution is 2.34. The molecule has 5 heteroatoms. The summed E-state index contributed by atoms with van der Waals surface area (Å²) in [5.41, 5.74) is 0.259. The Kier molecular flexibility index (Phi) is 3.79. The topological polar surface area (TPSA) is 51.2 Å². The third-order valence-corrected chi connectivity index (χ3v) is 3.88. The SMILES string of the molecule is COC1(CNC(=O)c2ncccc2Br)CCC1. The number of ether oxygens (including phenoxy) is 1. The third kappa shape index (κ3) is 2.66. The summed E-state index contributed by atoms with van der Waals surface area (Å²) in [6, 6.07) is 3.58. The summed E-state index contributed by atoms with van der Waals surface area (Å²) in [6.07, 6.45) is 4.78. The lowest BCUT2D eigenvalue weighted by Gasteiger charge is -2.40. The molecular formula is C12H15BrN2O2. The van der Waals surface area contributed by atoms with Crippen LogP contribution in [0.1, 0.15) is 29.8 Å². The van der Waals surface area contributed by atoms with E-state index in [2.05, 4.69) is 26.2 Å². The molecule has 1 aliphatic carbocycles. The first-order valence-corrected chi connectivity index (χ1v) is 6.40. The second-order valence-electron chi connectivity index (χ2n) is 4.26. The van der Waals surface area contributed by atoms with Crippen LogP contribution in [-0.2, 0) is 4.74 Å². The molecule has 0 aromatic carbocycles. The number of methoxy groups -OCH3 is 1. The minimum atomic E-state index is -0.166. The molecule has 0 spiro atoms. The summed E-state index contributed by atoms with van der Waals surface area (Å²) in [6.45, 7) is 0.547. The largest absolute Gasteiger partial charge is 0.376 e. The van der Waals surface area contributed by atoms with Gasteiger partial charge in [-0.1, -0.05) is 0 Å². The number of hydrogen-bond acceptors (Lipinski definition) is 3. The van der Waals surface area contributed by atoms with Crippen LogP contribution in [0.2, 0.25) is 0 Å². The predicted molar refractivity (Wildman–Crippen MR) is 67.9 cm³/mol. The van der Waals surface area contributed by atoms with Crippen LogP contribution in [-0.4, -0.2) is 30.1 Å². The van der Waals surface area contributed by atoms with Gasteiger partial charge in [-0.2, -0.15) is 0 Å². The van der Waals surface area contributed by atoms with Crippen LogP contribution >= 0.6 is 15.9 Å². The fraction of sp³-hybridized carbons (Fsp3) is 0.500. The van der Waals surface area contributed by atoms with Gasteiger partial charge in [0.2, 0.25) is 0 Å². The van der Waals surface area contributed by atoms with Gasteiger partial charge in [0, 0.05) is 24.3 Å². The van der Waals surface area contributed by atoms with E-state index in [1.165, 1.54) is 0 Å². The Morgan fingerprint density at radius 3 is 2.94 bits per heavy atom. The Labute approximate surface area is 109 Å². The van der Waals surface area contributed by atoms with Crippen LogP contribution in [0, 0.1) is 0 Å². The Bertz CT molecular complexity index is 413. The average Bonchev–Trinajstić information content (AvgIpc) is 2.28. The Morgan fingerprint density at radius 1 is 1.65 bits per heavy atom. The van der Waals surface area contributed by atoms with Crippen LogP contribution < -0.4 is 5.32 Å². The Hall–Kier alpha value is -0.940. The molecule has 1 aromatic heterocycles. The first kappa shape index (κ1) is 12.5. The molecule has 1 fully saturated rings. The molecule has 0 radical (unpaired) electrons. The summed E-state index contributed by atoms with van der Waals surface area (Å²) in [4.78, 5) is 16.0. The molecule has 1 N–H and O–H groups in total. The zero-order valence-electron chi connectivity index (χ0n) is 9.70. The zero-order chi connectivity index (χ0) is 12.3. The lowest BCUT2D eigenvalue weighted by Crippen LogP contribution is -2.49. The van der Waals surface area contributed by atoms with Gasteiger partial charge in [-0.15, -0.1) is 0 Å². The van der Waals surface area contributed by atoms with E-state index in [0.717, 1.165) is 19.3 Å². The van der Waals surface area contributed by atoms with Gasteiger partial charge in [0.1, 0.15) is 5.69 Å². The van der Waals surface area contributed by atoms with E-state index < -0.39 is 0 Å². The Balaban J connectivity index is 1.96. The molecule has 17 heavy (non-hydrogen) atoms. The van der Waals surface area contributed by atoms with Crippen LogP contribution in [0.3, 0.4) is 0 Å². The van der Waals surface area contributed by atoms with E-state index >= 15 is 0 Å². The number of amides is 1. The number of halogens is 1. The van der Waals surface area contributed by atoms with Gasteiger partial charge in [0.15, 0.2) is 0 Å². The van der Waals surface area contributed by atoms with E-state index in [0.29, 0.717) is 16.7 Å². The maximum Gasteiger partial charge on any atom is 0.271 e. The standard InChI is InChI=1S/C12H15BrN2O2/c1-17-12(5-3-6-12)8-15-11(16)10-9(13)4-2-7-14-10/h2,4,7H,3,5-6,8H2,1H3,(H,15,16). The van der Waals surface area contributed by atoms with Crippen molar-refractivity contribution in [3.05, 3.63) is 28.5 Å². The van der Waals surface area contributed by atoms with E-state index in [1.54, 1.807) is 25.4 Å². The molecule has 4 nitrogen and oxygen atoms in total. The predicted octanol–water partition coefficient (Wildman–Crippen LogP) is 2.14. The summed E-state index contributed by atoms with van der Waals surface area (Å²) in [7, 11) is 1.70. The molecule has 0 unspecified atom stereocenters. The molecule has 2 rings (SSSR count). The number of carbonyl (C=O) groups excluding carboxylic acids is 1. The average molecular weight is 299 g/mol. The number of carbonyl (C=O) groups is 1. The van der Waals surface area contributed by atoms with Gasteiger partial charge < -0.3 is 10.1 Å². The van der Waals surface area contributed by atoms with Gasteiger partial charge >= 0.3 is 0 Å². The quantitative estimate of drug-likeness (QED) is 0.926. The highest BCUT2D eigenvalue weighted by molar-refractivity contribution is 9.10. The molecule has 0 bridgehead atoms. The van der Waals surface area contributed by atoms with Crippen LogP contribution in [0.5, 0.6) is 0 Å². The molecule has 1 saturated carbocycles. The number of nitrogens with one attached hydrogen (secondary N) is 1. The van der Waals surface area contributed by atoms with E-state index in [9.17, 15) is 4.79 Å². The highest BCUT2D eigenvalue weighted by atomic mass is 79.9. The number of pyridine rings is 1. The monoisotopic (exact) mass is 298 g/mol. The number of aromatic nitrogens is 1. The van der Waals surface area contributed by atoms with Crippen molar-refractivity contribution in [2.75, 3.05) is 13.7 Å². The molecule has 0 atom stereocenters. The molecule has 1 heterocycles. The molecule has 92 valence electrons. The molecule has 1 amide bonds. The lowest BCUT2D eigenvalue weighted by atomic mass is 9.80. The molecule has 1 aromatic rings. The third-order valence-electron chi connectivity index (χ3n) is 3.24. The molecule has 0 saturated heterocycles. The first-order chi connectivity index (χ1) is 8.17. The fourth-order valence-electron chi connectivity index (χ4n) is 1.90. The summed E-state index contributed by atoms with van der Waals surface area (Å²) in [5, 5.41) is 2.88. The van der Waals surface area contributed by atoms with Crippen molar-refractivity contribution in [3.8, 4) is 0 Å². The van der Waals surface area contributed by atoms with Crippen molar-refractivity contribution in [2.45, 2.75) is 24.9 Å². The smallest absolute Gasteiger partial charge is 0.271 e. The van der Waals surface area contributed by atoms with Crippen molar-refractivity contribution >= 4 is 21.8 Å². The van der Waals surface area contributed by atoms with Gasteiger partial charge in [-0.3, -0.25) is 4.79 Å². The van der Waals surface area contributed by atoms with Crippen molar-refractivity contribution in [2.24, 2.45) is 0 Å². The fourth-order valence-corrected chi connectivity index (χ4v) is 2.34.